The van der Waals surface area contributed by atoms with Crippen LogP contribution in [0.5, 0.6) is 0 Å². The number of benzene rings is 1. The van der Waals surface area contributed by atoms with Gasteiger partial charge in [-0.25, -0.2) is 0 Å². The molecule has 142 valence electrons. The van der Waals surface area contributed by atoms with E-state index in [1.807, 2.05) is 26.0 Å². The molecule has 1 N–H and O–H groups in total. The third-order valence-corrected chi connectivity index (χ3v) is 5.21. The van der Waals surface area contributed by atoms with Crippen molar-refractivity contribution in [3.63, 3.8) is 0 Å². The number of hydrogen-bond donors (Lipinski definition) is 1. The maximum Gasteiger partial charge on any atom is 0.306 e. The highest BCUT2D eigenvalue weighted by molar-refractivity contribution is 5.97. The Balaban J connectivity index is 1.70. The van der Waals surface area contributed by atoms with E-state index in [2.05, 4.69) is 12.2 Å². The van der Waals surface area contributed by atoms with Crippen molar-refractivity contribution in [1.82, 2.24) is 5.32 Å². The smallest absolute Gasteiger partial charge is 0.306 e. The summed E-state index contributed by atoms with van der Waals surface area (Å²) in [6, 6.07) is 5.68. The molecule has 1 fully saturated rings. The molecule has 1 aromatic carbocycles. The number of carbonyl (C=O) groups is 3. The summed E-state index contributed by atoms with van der Waals surface area (Å²) < 4.78 is 5.01. The largest absolute Gasteiger partial charge is 0.456 e. The number of ether oxygens (including phenoxy) is 1. The number of nitrogens with one attached hydrogen (secondary N) is 1. The van der Waals surface area contributed by atoms with E-state index in [0.717, 1.165) is 30.4 Å². The summed E-state index contributed by atoms with van der Waals surface area (Å²) in [7, 11) is 0. The Morgan fingerprint density at radius 1 is 1.08 bits per heavy atom. The highest BCUT2D eigenvalue weighted by atomic mass is 16.5. The van der Waals surface area contributed by atoms with Crippen molar-refractivity contribution in [1.29, 1.82) is 0 Å². The van der Waals surface area contributed by atoms with Gasteiger partial charge >= 0.3 is 5.97 Å². The van der Waals surface area contributed by atoms with E-state index in [-0.39, 0.29) is 37.2 Å². The summed E-state index contributed by atoms with van der Waals surface area (Å²) in [5, 5.41) is 2.94. The van der Waals surface area contributed by atoms with Gasteiger partial charge in [0, 0.05) is 18.0 Å². The summed E-state index contributed by atoms with van der Waals surface area (Å²) in [6.45, 7) is 5.79. The minimum absolute atomic E-state index is 0.0150. The van der Waals surface area contributed by atoms with Gasteiger partial charge in [0.05, 0.1) is 6.42 Å². The van der Waals surface area contributed by atoms with Gasteiger partial charge in [0.1, 0.15) is 0 Å². The highest BCUT2D eigenvalue weighted by Gasteiger charge is 2.23. The first-order valence-electron chi connectivity index (χ1n) is 9.42. The first kappa shape index (κ1) is 20.1. The van der Waals surface area contributed by atoms with Crippen LogP contribution in [-0.2, 0) is 14.3 Å². The number of amides is 1. The quantitative estimate of drug-likeness (QED) is 0.597. The Labute approximate surface area is 155 Å². The molecular formula is C21H29NO4. The Bertz CT molecular complexity index is 668. The molecule has 1 aliphatic rings. The molecule has 1 saturated carbocycles. The van der Waals surface area contributed by atoms with Crippen LogP contribution in [0.2, 0.25) is 0 Å². The van der Waals surface area contributed by atoms with Crippen molar-refractivity contribution in [2.45, 2.75) is 65.3 Å². The van der Waals surface area contributed by atoms with Crippen LogP contribution >= 0.6 is 0 Å². The molecule has 0 aromatic heterocycles. The molecule has 0 unspecified atom stereocenters. The van der Waals surface area contributed by atoms with Gasteiger partial charge in [-0.1, -0.05) is 31.9 Å². The standard InChI is InChI=1S/C21H29NO4/c1-14-8-9-17(12-16(14)3)19(23)10-11-21(25)26-13-20(24)22-18-7-5-4-6-15(18)2/h8-9,12,15,18H,4-7,10-11,13H2,1-3H3,(H,22,24)/t15-,18+/m1/s1. The molecule has 0 saturated heterocycles. The van der Waals surface area contributed by atoms with E-state index >= 15 is 0 Å². The molecule has 26 heavy (non-hydrogen) atoms. The Morgan fingerprint density at radius 3 is 2.50 bits per heavy atom. The van der Waals surface area contributed by atoms with Crippen LogP contribution in [0.3, 0.4) is 0 Å². The second-order valence-corrected chi connectivity index (χ2v) is 7.32. The monoisotopic (exact) mass is 359 g/mol. The van der Waals surface area contributed by atoms with Crippen LogP contribution in [0.15, 0.2) is 18.2 Å². The van der Waals surface area contributed by atoms with Crippen molar-refractivity contribution < 1.29 is 19.1 Å². The van der Waals surface area contributed by atoms with Crippen molar-refractivity contribution in [2.24, 2.45) is 5.92 Å². The lowest BCUT2D eigenvalue weighted by Gasteiger charge is -2.29. The highest BCUT2D eigenvalue weighted by Crippen LogP contribution is 2.23. The van der Waals surface area contributed by atoms with Crippen LogP contribution in [0.25, 0.3) is 0 Å². The molecule has 2 rings (SSSR count). The first-order valence-corrected chi connectivity index (χ1v) is 9.42. The van der Waals surface area contributed by atoms with Gasteiger partial charge in [-0.2, -0.15) is 0 Å². The molecule has 1 amide bonds. The van der Waals surface area contributed by atoms with Crippen molar-refractivity contribution >= 4 is 17.7 Å². The van der Waals surface area contributed by atoms with Gasteiger partial charge in [0.25, 0.3) is 5.91 Å². The maximum absolute atomic E-state index is 12.2. The van der Waals surface area contributed by atoms with Crippen LogP contribution in [0.1, 0.15) is 66.9 Å². The molecule has 2 atom stereocenters. The van der Waals surface area contributed by atoms with E-state index in [4.69, 9.17) is 4.74 Å². The van der Waals surface area contributed by atoms with Gasteiger partial charge in [0.15, 0.2) is 12.4 Å². The number of aryl methyl sites for hydroxylation is 2. The van der Waals surface area contributed by atoms with E-state index < -0.39 is 5.97 Å². The number of rotatable bonds is 7. The fourth-order valence-electron chi connectivity index (χ4n) is 3.27. The fraction of sp³-hybridized carbons (Fsp3) is 0.571. The molecular weight excluding hydrogens is 330 g/mol. The first-order chi connectivity index (χ1) is 12.4. The summed E-state index contributed by atoms with van der Waals surface area (Å²) >= 11 is 0. The predicted octanol–water partition coefficient (Wildman–Crippen LogP) is 3.50. The van der Waals surface area contributed by atoms with Crippen molar-refractivity contribution in [3.8, 4) is 0 Å². The van der Waals surface area contributed by atoms with Crippen molar-refractivity contribution in [3.05, 3.63) is 34.9 Å². The Kier molecular flexibility index (Phi) is 7.37. The van der Waals surface area contributed by atoms with E-state index in [1.54, 1.807) is 6.07 Å². The molecule has 1 aromatic rings. The molecule has 0 bridgehead atoms. The number of hydrogen-bond acceptors (Lipinski definition) is 4. The normalized spacial score (nSPS) is 19.7. The Hall–Kier alpha value is -2.17. The lowest BCUT2D eigenvalue weighted by molar-refractivity contribution is -0.148. The van der Waals surface area contributed by atoms with Crippen LogP contribution in [0, 0.1) is 19.8 Å². The van der Waals surface area contributed by atoms with E-state index in [0.29, 0.717) is 11.5 Å². The average Bonchev–Trinajstić information content (AvgIpc) is 2.62. The molecule has 5 nitrogen and oxygen atoms in total. The molecule has 0 spiro atoms. The SMILES string of the molecule is Cc1ccc(C(=O)CCC(=O)OCC(=O)N[C@H]2CCCC[C@H]2C)cc1C. The lowest BCUT2D eigenvalue weighted by Crippen LogP contribution is -2.42. The van der Waals surface area contributed by atoms with E-state index in [9.17, 15) is 14.4 Å². The third kappa shape index (κ3) is 5.97. The number of carbonyl (C=O) groups excluding carboxylic acids is 3. The number of Topliss-reactive ketones (excluding diaryl/α,β-unsaturated/α-hetero) is 1. The predicted molar refractivity (Wildman–Crippen MR) is 100 cm³/mol. The van der Waals surface area contributed by atoms with Crippen molar-refractivity contribution in [2.75, 3.05) is 6.61 Å². The van der Waals surface area contributed by atoms with Gasteiger partial charge in [-0.15, -0.1) is 0 Å². The number of ketones is 1. The average molecular weight is 359 g/mol. The molecule has 0 heterocycles. The van der Waals surface area contributed by atoms with Crippen LogP contribution in [-0.4, -0.2) is 30.3 Å². The molecule has 0 radical (unpaired) electrons. The molecule has 5 heteroatoms. The summed E-state index contributed by atoms with van der Waals surface area (Å²) in [4.78, 5) is 35.9. The molecule has 0 aliphatic heterocycles. The zero-order valence-electron chi connectivity index (χ0n) is 16.0. The number of esters is 1. The van der Waals surface area contributed by atoms with Gasteiger partial charge in [0.2, 0.25) is 0 Å². The lowest BCUT2D eigenvalue weighted by atomic mass is 9.86. The molecule has 1 aliphatic carbocycles. The topological polar surface area (TPSA) is 72.5 Å². The van der Waals surface area contributed by atoms with Crippen LogP contribution in [0.4, 0.5) is 0 Å². The zero-order valence-corrected chi connectivity index (χ0v) is 16.0. The minimum atomic E-state index is -0.519. The second kappa shape index (κ2) is 9.51. The fourth-order valence-corrected chi connectivity index (χ4v) is 3.27. The Morgan fingerprint density at radius 2 is 1.81 bits per heavy atom. The zero-order chi connectivity index (χ0) is 19.1. The van der Waals surface area contributed by atoms with Crippen LogP contribution < -0.4 is 5.32 Å². The van der Waals surface area contributed by atoms with Gasteiger partial charge in [-0.05, 0) is 49.8 Å². The summed E-state index contributed by atoms with van der Waals surface area (Å²) in [5.41, 5.74) is 2.77. The second-order valence-electron chi connectivity index (χ2n) is 7.32. The minimum Gasteiger partial charge on any atom is -0.456 e. The maximum atomic E-state index is 12.2. The van der Waals surface area contributed by atoms with E-state index in [1.165, 1.54) is 6.42 Å². The van der Waals surface area contributed by atoms with Gasteiger partial charge in [-0.3, -0.25) is 14.4 Å². The summed E-state index contributed by atoms with van der Waals surface area (Å²) in [6.07, 6.45) is 4.49. The summed E-state index contributed by atoms with van der Waals surface area (Å²) in [5.74, 6) is -0.420. The van der Waals surface area contributed by atoms with Gasteiger partial charge < -0.3 is 10.1 Å². The third-order valence-electron chi connectivity index (χ3n) is 5.21.